The molecule has 6 nitrogen and oxygen atoms in total. The number of anilines is 1. The van der Waals surface area contributed by atoms with Crippen molar-refractivity contribution in [1.82, 2.24) is 4.98 Å². The summed E-state index contributed by atoms with van der Waals surface area (Å²) in [5.41, 5.74) is 6.63. The number of benzene rings is 1. The maximum Gasteiger partial charge on any atom is 0.271 e. The lowest BCUT2D eigenvalue weighted by Gasteiger charge is -2.12. The van der Waals surface area contributed by atoms with Crippen LogP contribution in [0.15, 0.2) is 18.2 Å². The number of nitrogens with zero attached hydrogens (tertiary/aromatic N) is 3. The average Bonchev–Trinajstić information content (AvgIpc) is 2.93. The van der Waals surface area contributed by atoms with Gasteiger partial charge in [0.05, 0.1) is 15.1 Å². The van der Waals surface area contributed by atoms with Crippen molar-refractivity contribution in [3.8, 4) is 0 Å². The number of nitro benzene ring substituents is 1. The molecule has 0 saturated carbocycles. The first-order valence-electron chi connectivity index (χ1n) is 5.69. The van der Waals surface area contributed by atoms with Gasteiger partial charge >= 0.3 is 0 Å². The Morgan fingerprint density at radius 2 is 2.39 bits per heavy atom. The summed E-state index contributed by atoms with van der Waals surface area (Å²) in [6.07, 6.45) is 0.968. The minimum Gasteiger partial charge on any atom is -0.346 e. The second-order valence-electron chi connectivity index (χ2n) is 4.40. The van der Waals surface area contributed by atoms with Gasteiger partial charge in [-0.1, -0.05) is 11.3 Å². The molecule has 0 spiro atoms. The maximum atomic E-state index is 10.7. The van der Waals surface area contributed by atoms with Gasteiger partial charge in [0.25, 0.3) is 5.69 Å². The Labute approximate surface area is 107 Å². The molecule has 18 heavy (non-hydrogen) atoms. The molecule has 1 aliphatic rings. The van der Waals surface area contributed by atoms with E-state index in [-0.39, 0.29) is 11.7 Å². The van der Waals surface area contributed by atoms with Gasteiger partial charge in [0.15, 0.2) is 5.13 Å². The van der Waals surface area contributed by atoms with Gasteiger partial charge in [-0.3, -0.25) is 10.1 Å². The summed E-state index contributed by atoms with van der Waals surface area (Å²) in [5, 5.41) is 11.6. The van der Waals surface area contributed by atoms with Crippen LogP contribution in [0.5, 0.6) is 0 Å². The monoisotopic (exact) mass is 264 g/mol. The van der Waals surface area contributed by atoms with Gasteiger partial charge in [-0.25, -0.2) is 4.98 Å². The third-order valence-corrected chi connectivity index (χ3v) is 4.16. The third-order valence-electron chi connectivity index (χ3n) is 3.07. The summed E-state index contributed by atoms with van der Waals surface area (Å²) in [5.74, 6) is 0. The number of aromatic nitrogens is 1. The SMILES string of the molecule is N[C@@H]1CCN(c2nc3cc([N+](=O)[O-])ccc3s2)C1. The first-order chi connectivity index (χ1) is 8.63. The van der Waals surface area contributed by atoms with Crippen molar-refractivity contribution in [1.29, 1.82) is 0 Å². The zero-order valence-electron chi connectivity index (χ0n) is 9.57. The van der Waals surface area contributed by atoms with E-state index in [0.717, 1.165) is 29.3 Å². The van der Waals surface area contributed by atoms with Gasteiger partial charge in [0, 0.05) is 31.3 Å². The Hall–Kier alpha value is -1.73. The zero-order chi connectivity index (χ0) is 12.7. The Morgan fingerprint density at radius 1 is 1.56 bits per heavy atom. The molecule has 1 aromatic carbocycles. The maximum absolute atomic E-state index is 10.7. The molecule has 2 aromatic rings. The van der Waals surface area contributed by atoms with Gasteiger partial charge in [-0.05, 0) is 12.5 Å². The molecule has 3 rings (SSSR count). The topological polar surface area (TPSA) is 85.3 Å². The number of fused-ring (bicyclic) bond motifs is 1. The molecule has 1 fully saturated rings. The van der Waals surface area contributed by atoms with Crippen molar-refractivity contribution >= 4 is 32.4 Å². The third kappa shape index (κ3) is 1.91. The van der Waals surface area contributed by atoms with Crippen molar-refractivity contribution < 1.29 is 4.92 Å². The summed E-state index contributed by atoms with van der Waals surface area (Å²) < 4.78 is 0.969. The van der Waals surface area contributed by atoms with E-state index in [9.17, 15) is 10.1 Å². The number of non-ortho nitro benzene ring substituents is 1. The zero-order valence-corrected chi connectivity index (χ0v) is 10.4. The van der Waals surface area contributed by atoms with Crippen LogP contribution in [0.4, 0.5) is 10.8 Å². The molecule has 7 heteroatoms. The van der Waals surface area contributed by atoms with Crippen molar-refractivity contribution in [3.63, 3.8) is 0 Å². The fourth-order valence-electron chi connectivity index (χ4n) is 2.11. The summed E-state index contributed by atoms with van der Waals surface area (Å²) in [7, 11) is 0. The molecule has 1 aliphatic heterocycles. The first kappa shape index (κ1) is 11.4. The van der Waals surface area contributed by atoms with Crippen LogP contribution in [-0.4, -0.2) is 29.0 Å². The predicted octanol–water partition coefficient (Wildman–Crippen LogP) is 1.74. The Balaban J connectivity index is 1.98. The van der Waals surface area contributed by atoms with Gasteiger partial charge in [-0.2, -0.15) is 0 Å². The number of rotatable bonds is 2. The van der Waals surface area contributed by atoms with E-state index in [4.69, 9.17) is 5.73 Å². The van der Waals surface area contributed by atoms with E-state index in [1.54, 1.807) is 17.4 Å². The van der Waals surface area contributed by atoms with Crippen LogP contribution in [0.1, 0.15) is 6.42 Å². The summed E-state index contributed by atoms with van der Waals surface area (Å²) in [4.78, 5) is 16.9. The molecule has 2 N–H and O–H groups in total. The highest BCUT2D eigenvalue weighted by molar-refractivity contribution is 7.22. The fraction of sp³-hybridized carbons (Fsp3) is 0.364. The second kappa shape index (κ2) is 4.18. The van der Waals surface area contributed by atoms with Gasteiger partial charge in [-0.15, -0.1) is 0 Å². The van der Waals surface area contributed by atoms with Gasteiger partial charge in [0.1, 0.15) is 0 Å². The highest BCUT2D eigenvalue weighted by Gasteiger charge is 2.22. The number of thiazole rings is 1. The smallest absolute Gasteiger partial charge is 0.271 e. The quantitative estimate of drug-likeness (QED) is 0.659. The molecule has 94 valence electrons. The Bertz CT molecular complexity index is 612. The largest absolute Gasteiger partial charge is 0.346 e. The molecule has 1 aromatic heterocycles. The van der Waals surface area contributed by atoms with Crippen LogP contribution < -0.4 is 10.6 Å². The second-order valence-corrected chi connectivity index (χ2v) is 5.41. The molecule has 0 amide bonds. The van der Waals surface area contributed by atoms with Crippen LogP contribution in [-0.2, 0) is 0 Å². The van der Waals surface area contributed by atoms with Crippen LogP contribution in [0.25, 0.3) is 10.2 Å². The first-order valence-corrected chi connectivity index (χ1v) is 6.50. The summed E-state index contributed by atoms with van der Waals surface area (Å²) >= 11 is 1.55. The molecule has 0 unspecified atom stereocenters. The molecule has 0 aliphatic carbocycles. The average molecular weight is 264 g/mol. The number of hydrogen-bond acceptors (Lipinski definition) is 6. The number of nitrogens with two attached hydrogens (primary N) is 1. The summed E-state index contributed by atoms with van der Waals surface area (Å²) in [6, 6.07) is 4.99. The normalized spacial score (nSPS) is 19.6. The molecular formula is C11H12N4O2S. The van der Waals surface area contributed by atoms with Gasteiger partial charge < -0.3 is 10.6 Å². The van der Waals surface area contributed by atoms with E-state index in [0.29, 0.717) is 5.52 Å². The van der Waals surface area contributed by atoms with Crippen molar-refractivity contribution in [2.75, 3.05) is 18.0 Å². The minimum absolute atomic E-state index is 0.0810. The Kier molecular flexibility index (Phi) is 2.64. The van der Waals surface area contributed by atoms with E-state index >= 15 is 0 Å². The van der Waals surface area contributed by atoms with Crippen molar-refractivity contribution in [3.05, 3.63) is 28.3 Å². The lowest BCUT2D eigenvalue weighted by Crippen LogP contribution is -2.26. The molecule has 1 saturated heterocycles. The van der Waals surface area contributed by atoms with E-state index < -0.39 is 4.92 Å². The van der Waals surface area contributed by atoms with E-state index in [1.165, 1.54) is 12.1 Å². The molecule has 0 bridgehead atoms. The minimum atomic E-state index is -0.399. The lowest BCUT2D eigenvalue weighted by atomic mass is 10.3. The van der Waals surface area contributed by atoms with E-state index in [1.807, 2.05) is 0 Å². The van der Waals surface area contributed by atoms with Crippen LogP contribution >= 0.6 is 11.3 Å². The lowest BCUT2D eigenvalue weighted by molar-refractivity contribution is -0.384. The van der Waals surface area contributed by atoms with Gasteiger partial charge in [0.2, 0.25) is 0 Å². The summed E-state index contributed by atoms with van der Waals surface area (Å²) in [6.45, 7) is 1.71. The van der Waals surface area contributed by atoms with Crippen LogP contribution in [0.2, 0.25) is 0 Å². The van der Waals surface area contributed by atoms with Crippen LogP contribution in [0.3, 0.4) is 0 Å². The van der Waals surface area contributed by atoms with E-state index in [2.05, 4.69) is 9.88 Å². The number of hydrogen-bond donors (Lipinski definition) is 1. The highest BCUT2D eigenvalue weighted by Crippen LogP contribution is 2.32. The number of nitro groups is 1. The molecular weight excluding hydrogens is 252 g/mol. The molecule has 2 heterocycles. The predicted molar refractivity (Wildman–Crippen MR) is 71.1 cm³/mol. The highest BCUT2D eigenvalue weighted by atomic mass is 32.1. The fourth-order valence-corrected chi connectivity index (χ4v) is 3.09. The molecule has 1 atom stereocenters. The van der Waals surface area contributed by atoms with Crippen molar-refractivity contribution in [2.45, 2.75) is 12.5 Å². The Morgan fingerprint density at radius 3 is 3.06 bits per heavy atom. The standard InChI is InChI=1S/C11H12N4O2S/c12-7-3-4-14(6-7)11-13-9-5-8(15(16)17)1-2-10(9)18-11/h1-2,5,7H,3-4,6,12H2/t7-/m1/s1. The van der Waals surface area contributed by atoms with Crippen molar-refractivity contribution in [2.24, 2.45) is 5.73 Å². The van der Waals surface area contributed by atoms with Crippen LogP contribution in [0, 0.1) is 10.1 Å². The molecule has 0 radical (unpaired) electrons.